The molecule has 0 spiro atoms. The largest absolute Gasteiger partial charge is 0.383 e. The minimum Gasteiger partial charge on any atom is -0.383 e. The van der Waals surface area contributed by atoms with Gasteiger partial charge in [0.1, 0.15) is 0 Å². The van der Waals surface area contributed by atoms with Gasteiger partial charge in [-0.25, -0.2) is 13.6 Å². The highest BCUT2D eigenvalue weighted by molar-refractivity contribution is 5.95. The summed E-state index contributed by atoms with van der Waals surface area (Å²) in [5, 5.41) is 5.34. The van der Waals surface area contributed by atoms with E-state index in [1.807, 2.05) is 0 Å². The molecule has 6 nitrogen and oxygen atoms in total. The molecule has 0 unspecified atom stereocenters. The highest BCUT2D eigenvalue weighted by atomic mass is 19.3. The van der Waals surface area contributed by atoms with Crippen LogP contribution in [0.25, 0.3) is 0 Å². The molecule has 24 heavy (non-hydrogen) atoms. The molecule has 1 aliphatic heterocycles. The van der Waals surface area contributed by atoms with Crippen molar-refractivity contribution in [1.29, 1.82) is 0 Å². The van der Waals surface area contributed by atoms with E-state index in [1.165, 1.54) is 4.90 Å². The van der Waals surface area contributed by atoms with Crippen molar-refractivity contribution in [2.45, 2.75) is 18.8 Å². The number of benzene rings is 1. The van der Waals surface area contributed by atoms with Crippen molar-refractivity contribution in [3.05, 3.63) is 29.8 Å². The van der Waals surface area contributed by atoms with Crippen LogP contribution in [0, 0.1) is 0 Å². The lowest BCUT2D eigenvalue weighted by Crippen LogP contribution is -2.44. The van der Waals surface area contributed by atoms with Crippen LogP contribution in [0.4, 0.5) is 19.3 Å². The number of piperidine rings is 1. The molecule has 1 saturated heterocycles. The molecule has 1 aliphatic rings. The van der Waals surface area contributed by atoms with Gasteiger partial charge >= 0.3 is 6.03 Å². The summed E-state index contributed by atoms with van der Waals surface area (Å²) in [6.45, 7) is 0.889. The Kier molecular flexibility index (Phi) is 6.08. The van der Waals surface area contributed by atoms with Crippen molar-refractivity contribution in [2.75, 3.05) is 38.7 Å². The van der Waals surface area contributed by atoms with Crippen LogP contribution in [0.3, 0.4) is 0 Å². The Morgan fingerprint density at radius 2 is 1.83 bits per heavy atom. The number of urea groups is 1. The number of alkyl halides is 2. The van der Waals surface area contributed by atoms with Crippen LogP contribution in [0.2, 0.25) is 0 Å². The normalized spacial score (nSPS) is 16.5. The molecular formula is C16H21F2N3O3. The number of rotatable bonds is 5. The second-order valence-electron chi connectivity index (χ2n) is 5.60. The van der Waals surface area contributed by atoms with E-state index in [0.717, 1.165) is 0 Å². The Morgan fingerprint density at radius 3 is 2.42 bits per heavy atom. The van der Waals surface area contributed by atoms with Gasteiger partial charge in [-0.1, -0.05) is 0 Å². The van der Waals surface area contributed by atoms with Crippen LogP contribution < -0.4 is 10.6 Å². The van der Waals surface area contributed by atoms with E-state index in [4.69, 9.17) is 4.74 Å². The number of anilines is 1. The molecular weight excluding hydrogens is 320 g/mol. The molecule has 3 amide bonds. The molecule has 2 N–H and O–H groups in total. The maximum absolute atomic E-state index is 13.1. The fourth-order valence-electron chi connectivity index (χ4n) is 2.31. The third kappa shape index (κ3) is 5.16. The number of nitrogens with one attached hydrogen (secondary N) is 2. The molecule has 8 heteroatoms. The van der Waals surface area contributed by atoms with Crippen LogP contribution in [0.1, 0.15) is 23.2 Å². The first-order valence-corrected chi connectivity index (χ1v) is 7.72. The van der Waals surface area contributed by atoms with Crippen LogP contribution >= 0.6 is 0 Å². The summed E-state index contributed by atoms with van der Waals surface area (Å²) >= 11 is 0. The molecule has 1 aromatic carbocycles. The van der Waals surface area contributed by atoms with Gasteiger partial charge in [0.2, 0.25) is 0 Å². The number of likely N-dealkylation sites (tertiary alicyclic amines) is 1. The Bertz CT molecular complexity index is 568. The van der Waals surface area contributed by atoms with E-state index in [9.17, 15) is 18.4 Å². The number of carbonyl (C=O) groups is 2. The lowest BCUT2D eigenvalue weighted by atomic mass is 10.1. The van der Waals surface area contributed by atoms with Crippen LogP contribution in [0.15, 0.2) is 24.3 Å². The van der Waals surface area contributed by atoms with Gasteiger partial charge in [-0.2, -0.15) is 0 Å². The zero-order chi connectivity index (χ0) is 17.6. The van der Waals surface area contributed by atoms with E-state index in [-0.39, 0.29) is 31.8 Å². The Labute approximate surface area is 139 Å². The number of hydrogen-bond acceptors (Lipinski definition) is 3. The predicted molar refractivity (Wildman–Crippen MR) is 85.4 cm³/mol. The minimum absolute atomic E-state index is 0.0266. The zero-order valence-corrected chi connectivity index (χ0v) is 13.5. The summed E-state index contributed by atoms with van der Waals surface area (Å²) in [4.78, 5) is 25.2. The second kappa shape index (κ2) is 8.05. The predicted octanol–water partition coefficient (Wildman–Crippen LogP) is 2.33. The monoisotopic (exact) mass is 341 g/mol. The fourth-order valence-corrected chi connectivity index (χ4v) is 2.31. The topological polar surface area (TPSA) is 70.7 Å². The van der Waals surface area contributed by atoms with Crippen molar-refractivity contribution in [2.24, 2.45) is 0 Å². The number of nitrogens with zero attached hydrogens (tertiary/aromatic N) is 1. The van der Waals surface area contributed by atoms with Crippen molar-refractivity contribution >= 4 is 17.6 Å². The quantitative estimate of drug-likeness (QED) is 0.808. The molecule has 0 saturated carbocycles. The van der Waals surface area contributed by atoms with Gasteiger partial charge in [-0.05, 0) is 24.3 Å². The van der Waals surface area contributed by atoms with E-state index in [0.29, 0.717) is 24.4 Å². The van der Waals surface area contributed by atoms with E-state index in [2.05, 4.69) is 10.6 Å². The van der Waals surface area contributed by atoms with Gasteiger partial charge in [0.05, 0.1) is 6.61 Å². The second-order valence-corrected chi connectivity index (χ2v) is 5.60. The van der Waals surface area contributed by atoms with E-state index < -0.39 is 12.0 Å². The third-order valence-electron chi connectivity index (χ3n) is 3.77. The standard InChI is InChI=1S/C16H21F2N3O3/c1-24-11-8-19-14(22)12-2-4-13(5-3-12)20-15(23)21-9-6-16(17,18)7-10-21/h2-5H,6-11H2,1H3,(H,19,22)(H,20,23). The summed E-state index contributed by atoms with van der Waals surface area (Å²) in [6.07, 6.45) is -0.637. The van der Waals surface area contributed by atoms with Crippen molar-refractivity contribution in [3.8, 4) is 0 Å². The van der Waals surface area contributed by atoms with Gasteiger partial charge in [0.15, 0.2) is 0 Å². The summed E-state index contributed by atoms with van der Waals surface area (Å²) in [7, 11) is 1.55. The first-order chi connectivity index (χ1) is 11.4. The van der Waals surface area contributed by atoms with Gasteiger partial charge in [-0.15, -0.1) is 0 Å². The van der Waals surface area contributed by atoms with E-state index in [1.54, 1.807) is 31.4 Å². The van der Waals surface area contributed by atoms with Crippen molar-refractivity contribution in [1.82, 2.24) is 10.2 Å². The highest BCUT2D eigenvalue weighted by Crippen LogP contribution is 2.27. The van der Waals surface area contributed by atoms with Gasteiger partial charge in [-0.3, -0.25) is 4.79 Å². The maximum Gasteiger partial charge on any atom is 0.321 e. The number of amides is 3. The molecule has 132 valence electrons. The lowest BCUT2D eigenvalue weighted by Gasteiger charge is -2.31. The molecule has 0 bridgehead atoms. The van der Waals surface area contributed by atoms with Crippen LogP contribution in [0.5, 0.6) is 0 Å². The first kappa shape index (κ1) is 18.1. The Hall–Kier alpha value is -2.22. The molecule has 0 atom stereocenters. The fraction of sp³-hybridized carbons (Fsp3) is 0.500. The number of halogens is 2. The summed E-state index contributed by atoms with van der Waals surface area (Å²) in [6, 6.07) is 5.95. The summed E-state index contributed by atoms with van der Waals surface area (Å²) in [5.41, 5.74) is 0.965. The SMILES string of the molecule is COCCNC(=O)c1ccc(NC(=O)N2CCC(F)(F)CC2)cc1. The zero-order valence-electron chi connectivity index (χ0n) is 13.5. The smallest absolute Gasteiger partial charge is 0.321 e. The molecule has 2 rings (SSSR count). The molecule has 1 aromatic rings. The number of methoxy groups -OCH3 is 1. The summed E-state index contributed by atoms with van der Waals surface area (Å²) in [5.74, 6) is -2.92. The summed E-state index contributed by atoms with van der Waals surface area (Å²) < 4.78 is 31.0. The number of hydrogen-bond donors (Lipinski definition) is 2. The average molecular weight is 341 g/mol. The minimum atomic E-state index is -2.69. The molecule has 0 radical (unpaired) electrons. The first-order valence-electron chi connectivity index (χ1n) is 7.72. The van der Waals surface area contributed by atoms with E-state index >= 15 is 0 Å². The molecule has 0 aliphatic carbocycles. The number of carbonyl (C=O) groups excluding carboxylic acids is 2. The Morgan fingerprint density at radius 1 is 1.21 bits per heavy atom. The van der Waals surface area contributed by atoms with Crippen LogP contribution in [-0.4, -0.2) is 56.1 Å². The lowest BCUT2D eigenvalue weighted by molar-refractivity contribution is -0.0461. The molecule has 0 aromatic heterocycles. The van der Waals surface area contributed by atoms with Gasteiger partial charge < -0.3 is 20.3 Å². The van der Waals surface area contributed by atoms with Crippen molar-refractivity contribution < 1.29 is 23.1 Å². The molecule has 1 fully saturated rings. The highest BCUT2D eigenvalue weighted by Gasteiger charge is 2.35. The average Bonchev–Trinajstić information content (AvgIpc) is 2.55. The molecule has 1 heterocycles. The van der Waals surface area contributed by atoms with Gasteiger partial charge in [0.25, 0.3) is 11.8 Å². The third-order valence-corrected chi connectivity index (χ3v) is 3.77. The maximum atomic E-state index is 13.1. The van der Waals surface area contributed by atoms with Crippen LogP contribution in [-0.2, 0) is 4.74 Å². The number of ether oxygens (including phenoxy) is 1. The Balaban J connectivity index is 1.85. The van der Waals surface area contributed by atoms with Crippen molar-refractivity contribution in [3.63, 3.8) is 0 Å². The van der Waals surface area contributed by atoms with Gasteiger partial charge in [0, 0.05) is 50.8 Å².